The molecule has 7 nitrogen and oxygen atoms in total. The first-order chi connectivity index (χ1) is 13.2. The van der Waals surface area contributed by atoms with Gasteiger partial charge in [-0.2, -0.15) is 5.26 Å². The quantitative estimate of drug-likeness (QED) is 0.675. The van der Waals surface area contributed by atoms with Crippen molar-refractivity contribution < 1.29 is 13.2 Å². The van der Waals surface area contributed by atoms with Crippen LogP contribution in [0.2, 0.25) is 0 Å². The minimum Gasteiger partial charge on any atom is -0.495 e. The van der Waals surface area contributed by atoms with Gasteiger partial charge < -0.3 is 9.30 Å². The summed E-state index contributed by atoms with van der Waals surface area (Å²) >= 11 is 0. The van der Waals surface area contributed by atoms with E-state index in [0.29, 0.717) is 22.3 Å². The second-order valence-electron chi connectivity index (χ2n) is 6.38. The van der Waals surface area contributed by atoms with Crippen LogP contribution in [-0.4, -0.2) is 27.1 Å². The number of benzene rings is 2. The van der Waals surface area contributed by atoms with Gasteiger partial charge in [0.25, 0.3) is 15.6 Å². The minimum atomic E-state index is -3.93. The van der Waals surface area contributed by atoms with Gasteiger partial charge in [-0.1, -0.05) is 0 Å². The van der Waals surface area contributed by atoms with E-state index in [-0.39, 0.29) is 16.2 Å². The second-order valence-corrected chi connectivity index (χ2v) is 8.32. The number of pyridine rings is 1. The van der Waals surface area contributed by atoms with Crippen LogP contribution in [0.25, 0.3) is 10.9 Å². The lowest BCUT2D eigenvalue weighted by Crippen LogP contribution is -2.27. The number of aryl methyl sites for hydroxylation is 2. The number of nitrogens with zero attached hydrogens (tertiary/aromatic N) is 3. The molecule has 0 saturated heterocycles. The molecule has 0 radical (unpaired) electrons. The number of hydrogen-bond donors (Lipinski definition) is 0. The van der Waals surface area contributed by atoms with Gasteiger partial charge in [-0.25, -0.2) is 8.42 Å². The normalized spacial score (nSPS) is 11.2. The number of anilines is 1. The molecule has 1 heterocycles. The van der Waals surface area contributed by atoms with E-state index in [1.54, 1.807) is 38.2 Å². The van der Waals surface area contributed by atoms with E-state index in [1.165, 1.54) is 36.9 Å². The van der Waals surface area contributed by atoms with E-state index in [2.05, 4.69) is 0 Å². The summed E-state index contributed by atoms with van der Waals surface area (Å²) in [6.07, 6.45) is 0. The maximum absolute atomic E-state index is 13.1. The molecule has 0 aliphatic rings. The van der Waals surface area contributed by atoms with Crippen molar-refractivity contribution >= 4 is 26.6 Å². The Morgan fingerprint density at radius 2 is 1.86 bits per heavy atom. The molecule has 0 N–H and O–H groups in total. The van der Waals surface area contributed by atoms with Crippen LogP contribution < -0.4 is 14.6 Å². The fourth-order valence-electron chi connectivity index (χ4n) is 3.06. The van der Waals surface area contributed by atoms with E-state index >= 15 is 0 Å². The van der Waals surface area contributed by atoms with Crippen molar-refractivity contribution in [2.45, 2.75) is 11.8 Å². The molecule has 8 heteroatoms. The number of sulfonamides is 1. The van der Waals surface area contributed by atoms with Crippen LogP contribution in [0, 0.1) is 18.3 Å². The molecule has 28 heavy (non-hydrogen) atoms. The maximum atomic E-state index is 13.1. The lowest BCUT2D eigenvalue weighted by molar-refractivity contribution is 0.402. The highest BCUT2D eigenvalue weighted by molar-refractivity contribution is 7.92. The molecule has 0 fully saturated rings. The molecule has 0 bridgehead atoms. The van der Waals surface area contributed by atoms with Crippen molar-refractivity contribution in [2.75, 3.05) is 18.5 Å². The monoisotopic (exact) mass is 397 g/mol. The van der Waals surface area contributed by atoms with Gasteiger partial charge in [0.1, 0.15) is 10.6 Å². The van der Waals surface area contributed by atoms with Crippen molar-refractivity contribution in [2.24, 2.45) is 7.05 Å². The molecule has 0 aliphatic heterocycles. The van der Waals surface area contributed by atoms with E-state index < -0.39 is 10.0 Å². The molecule has 0 unspecified atom stereocenters. The fourth-order valence-corrected chi connectivity index (χ4v) is 4.39. The number of ether oxygens (including phenoxy) is 1. The van der Waals surface area contributed by atoms with Crippen LogP contribution in [0.5, 0.6) is 5.75 Å². The fraction of sp³-hybridized carbons (Fsp3) is 0.200. The van der Waals surface area contributed by atoms with Crippen LogP contribution in [0.4, 0.5) is 5.69 Å². The number of aromatic nitrogens is 1. The topological polar surface area (TPSA) is 92.4 Å². The van der Waals surface area contributed by atoms with Crippen LogP contribution >= 0.6 is 0 Å². The first kappa shape index (κ1) is 19.5. The third-order valence-electron chi connectivity index (χ3n) is 4.68. The Bertz CT molecular complexity index is 1290. The predicted molar refractivity (Wildman–Crippen MR) is 107 cm³/mol. The lowest BCUT2D eigenvalue weighted by atomic mass is 10.1. The Kier molecular flexibility index (Phi) is 4.87. The van der Waals surface area contributed by atoms with Crippen molar-refractivity contribution in [3.05, 3.63) is 63.9 Å². The molecule has 0 aliphatic carbocycles. The summed E-state index contributed by atoms with van der Waals surface area (Å²) in [5.41, 5.74) is 1.94. The van der Waals surface area contributed by atoms with Gasteiger partial charge in [0, 0.05) is 25.0 Å². The molecule has 2 aromatic carbocycles. The van der Waals surface area contributed by atoms with Crippen LogP contribution in [0.1, 0.15) is 11.1 Å². The molecular weight excluding hydrogens is 378 g/mol. The Morgan fingerprint density at radius 3 is 2.50 bits per heavy atom. The number of hydrogen-bond acceptors (Lipinski definition) is 5. The average Bonchev–Trinajstić information content (AvgIpc) is 2.70. The van der Waals surface area contributed by atoms with Gasteiger partial charge in [-0.15, -0.1) is 0 Å². The Balaban J connectivity index is 2.13. The van der Waals surface area contributed by atoms with Gasteiger partial charge in [0.2, 0.25) is 0 Å². The van der Waals surface area contributed by atoms with Crippen molar-refractivity contribution in [1.82, 2.24) is 4.57 Å². The minimum absolute atomic E-state index is 0.0340. The predicted octanol–water partition coefficient (Wildman–Crippen LogP) is 2.55. The smallest absolute Gasteiger partial charge is 0.267 e. The number of nitriles is 1. The average molecular weight is 397 g/mol. The van der Waals surface area contributed by atoms with Crippen LogP contribution in [0.3, 0.4) is 0 Å². The number of fused-ring (bicyclic) bond motifs is 1. The van der Waals surface area contributed by atoms with E-state index in [4.69, 9.17) is 10.00 Å². The van der Waals surface area contributed by atoms with E-state index in [0.717, 1.165) is 9.69 Å². The number of methoxy groups -OCH3 is 1. The highest BCUT2D eigenvalue weighted by Crippen LogP contribution is 2.31. The molecule has 3 rings (SSSR count). The molecule has 0 saturated carbocycles. The Labute approximate surface area is 163 Å². The van der Waals surface area contributed by atoms with Crippen molar-refractivity contribution in [1.29, 1.82) is 5.26 Å². The van der Waals surface area contributed by atoms with Crippen molar-refractivity contribution in [3.63, 3.8) is 0 Å². The maximum Gasteiger partial charge on any atom is 0.267 e. The molecule has 144 valence electrons. The molecule has 1 aromatic heterocycles. The van der Waals surface area contributed by atoms with Gasteiger partial charge in [-0.3, -0.25) is 9.10 Å². The third-order valence-corrected chi connectivity index (χ3v) is 6.51. The summed E-state index contributed by atoms with van der Waals surface area (Å²) in [6.45, 7) is 1.72. The summed E-state index contributed by atoms with van der Waals surface area (Å²) in [5, 5.41) is 9.77. The molecule has 0 amide bonds. The zero-order valence-electron chi connectivity index (χ0n) is 15.9. The zero-order chi connectivity index (χ0) is 20.6. The molecular formula is C20H19N3O4S. The summed E-state index contributed by atoms with van der Waals surface area (Å²) in [6, 6.07) is 13.0. The number of rotatable bonds is 4. The summed E-state index contributed by atoms with van der Waals surface area (Å²) in [5.74, 6) is 0.102. The van der Waals surface area contributed by atoms with Crippen LogP contribution in [-0.2, 0) is 17.1 Å². The van der Waals surface area contributed by atoms with Crippen molar-refractivity contribution in [3.8, 4) is 11.8 Å². The van der Waals surface area contributed by atoms with E-state index in [9.17, 15) is 13.2 Å². The highest BCUT2D eigenvalue weighted by Gasteiger charge is 2.26. The Hall–Kier alpha value is -3.31. The lowest BCUT2D eigenvalue weighted by Gasteiger charge is -2.21. The third kappa shape index (κ3) is 3.10. The van der Waals surface area contributed by atoms with Crippen LogP contribution in [0.15, 0.2) is 52.2 Å². The highest BCUT2D eigenvalue weighted by atomic mass is 32.2. The summed E-state index contributed by atoms with van der Waals surface area (Å²) in [7, 11) is 0.557. The SMILES string of the molecule is COc1cc(C#N)ccc1S(=O)(=O)N(C)c1ccc2c(c1)cc(C)c(=O)n2C. The first-order valence-electron chi connectivity index (χ1n) is 8.38. The second kappa shape index (κ2) is 7.02. The molecule has 0 spiro atoms. The first-order valence-corrected chi connectivity index (χ1v) is 9.82. The Morgan fingerprint density at radius 1 is 1.14 bits per heavy atom. The molecule has 0 atom stereocenters. The van der Waals surface area contributed by atoms with Gasteiger partial charge in [0.05, 0.1) is 29.9 Å². The van der Waals surface area contributed by atoms with Gasteiger partial charge in [-0.05, 0) is 49.4 Å². The summed E-state index contributed by atoms with van der Waals surface area (Å²) < 4.78 is 34.2. The zero-order valence-corrected chi connectivity index (χ0v) is 16.7. The molecule has 3 aromatic rings. The summed E-state index contributed by atoms with van der Waals surface area (Å²) in [4.78, 5) is 12.1. The van der Waals surface area contributed by atoms with Gasteiger partial charge in [0.15, 0.2) is 0 Å². The van der Waals surface area contributed by atoms with Gasteiger partial charge >= 0.3 is 0 Å². The largest absolute Gasteiger partial charge is 0.495 e. The standard InChI is InChI=1S/C20H19N3O4S/c1-13-9-15-11-16(6-7-17(15)22(2)20(13)24)23(3)28(25,26)19-8-5-14(12-21)10-18(19)27-4/h5-11H,1-4H3. The van der Waals surface area contributed by atoms with E-state index in [1.807, 2.05) is 6.07 Å².